The van der Waals surface area contributed by atoms with Crippen LogP contribution in [0.3, 0.4) is 0 Å². The second-order valence-electron chi connectivity index (χ2n) is 6.18. The van der Waals surface area contributed by atoms with Gasteiger partial charge in [0.2, 0.25) is 11.8 Å². The third-order valence-corrected chi connectivity index (χ3v) is 3.05. The first kappa shape index (κ1) is 19.4. The molecule has 6 nitrogen and oxygen atoms in total. The fraction of sp³-hybridized carbons (Fsp3) is 0.800. The van der Waals surface area contributed by atoms with Gasteiger partial charge in [-0.3, -0.25) is 14.4 Å². The van der Waals surface area contributed by atoms with Gasteiger partial charge in [-0.05, 0) is 24.7 Å². The minimum Gasteiger partial charge on any atom is -0.481 e. The molecule has 0 saturated carbocycles. The van der Waals surface area contributed by atoms with Gasteiger partial charge < -0.3 is 15.7 Å². The van der Waals surface area contributed by atoms with E-state index in [-0.39, 0.29) is 30.8 Å². The first-order valence-corrected chi connectivity index (χ1v) is 7.48. The number of hydrogen-bond donors (Lipinski definition) is 3. The fourth-order valence-corrected chi connectivity index (χ4v) is 1.83. The molecule has 0 aliphatic rings. The molecule has 21 heavy (non-hydrogen) atoms. The van der Waals surface area contributed by atoms with Gasteiger partial charge in [0.25, 0.3) is 0 Å². The van der Waals surface area contributed by atoms with E-state index >= 15 is 0 Å². The lowest BCUT2D eigenvalue weighted by Gasteiger charge is -2.15. The molecule has 2 amide bonds. The summed E-state index contributed by atoms with van der Waals surface area (Å²) >= 11 is 0. The van der Waals surface area contributed by atoms with Crippen molar-refractivity contribution in [2.75, 3.05) is 13.1 Å². The molecule has 0 aliphatic carbocycles. The van der Waals surface area contributed by atoms with Crippen LogP contribution in [-0.4, -0.2) is 36.0 Å². The van der Waals surface area contributed by atoms with E-state index in [1.165, 1.54) is 0 Å². The second-order valence-corrected chi connectivity index (χ2v) is 6.18. The van der Waals surface area contributed by atoms with E-state index in [0.717, 1.165) is 6.42 Å². The number of amides is 2. The predicted octanol–water partition coefficient (Wildman–Crippen LogP) is 1.40. The van der Waals surface area contributed by atoms with Crippen molar-refractivity contribution in [3.8, 4) is 0 Å². The fourth-order valence-electron chi connectivity index (χ4n) is 1.83. The van der Waals surface area contributed by atoms with Crippen molar-refractivity contribution in [1.29, 1.82) is 0 Å². The number of carbonyl (C=O) groups is 3. The number of rotatable bonds is 10. The summed E-state index contributed by atoms with van der Waals surface area (Å²) in [4.78, 5) is 34.1. The van der Waals surface area contributed by atoms with Gasteiger partial charge in [-0.1, -0.05) is 27.7 Å². The van der Waals surface area contributed by atoms with Crippen molar-refractivity contribution in [3.63, 3.8) is 0 Å². The van der Waals surface area contributed by atoms with Gasteiger partial charge in [-0.15, -0.1) is 0 Å². The van der Waals surface area contributed by atoms with Crippen LogP contribution in [0.25, 0.3) is 0 Å². The standard InChI is InChI=1S/C15H28N2O4/c1-10(2)5-6-13(18)17-9-14(19)16-8-12(15(20)21)7-11(3)4/h10-12H,5-9H2,1-4H3,(H,16,19)(H,17,18)(H,20,21). The molecule has 0 aromatic heterocycles. The Bertz CT molecular complexity index is 354. The molecule has 1 unspecified atom stereocenters. The number of hydrogen-bond acceptors (Lipinski definition) is 3. The summed E-state index contributed by atoms with van der Waals surface area (Å²) in [6.07, 6.45) is 1.69. The van der Waals surface area contributed by atoms with Crippen LogP contribution in [0, 0.1) is 17.8 Å². The molecular formula is C15H28N2O4. The van der Waals surface area contributed by atoms with E-state index in [0.29, 0.717) is 18.8 Å². The number of carboxylic acid groups (broad SMARTS) is 1. The maximum atomic E-state index is 11.6. The summed E-state index contributed by atoms with van der Waals surface area (Å²) in [6.45, 7) is 7.92. The van der Waals surface area contributed by atoms with Gasteiger partial charge in [0.1, 0.15) is 0 Å². The summed E-state index contributed by atoms with van der Waals surface area (Å²) in [5, 5.41) is 14.1. The maximum Gasteiger partial charge on any atom is 0.308 e. The molecule has 0 spiro atoms. The van der Waals surface area contributed by atoms with Crippen LogP contribution < -0.4 is 10.6 Å². The van der Waals surface area contributed by atoms with Crippen LogP contribution in [0.2, 0.25) is 0 Å². The van der Waals surface area contributed by atoms with E-state index in [4.69, 9.17) is 5.11 Å². The highest BCUT2D eigenvalue weighted by Crippen LogP contribution is 2.10. The molecule has 6 heteroatoms. The summed E-state index contributed by atoms with van der Waals surface area (Å²) in [5.74, 6) is -1.33. The zero-order valence-electron chi connectivity index (χ0n) is 13.4. The van der Waals surface area contributed by atoms with Gasteiger partial charge >= 0.3 is 5.97 Å². The lowest BCUT2D eigenvalue weighted by atomic mass is 9.97. The van der Waals surface area contributed by atoms with E-state index in [9.17, 15) is 14.4 Å². The summed E-state index contributed by atoms with van der Waals surface area (Å²) < 4.78 is 0. The van der Waals surface area contributed by atoms with Crippen molar-refractivity contribution >= 4 is 17.8 Å². The Kier molecular flexibility index (Phi) is 9.41. The zero-order valence-corrected chi connectivity index (χ0v) is 13.4. The SMILES string of the molecule is CC(C)CCC(=O)NCC(=O)NCC(CC(C)C)C(=O)O. The van der Waals surface area contributed by atoms with Gasteiger partial charge in [0, 0.05) is 13.0 Å². The molecular weight excluding hydrogens is 272 g/mol. The molecule has 0 rings (SSSR count). The van der Waals surface area contributed by atoms with Gasteiger partial charge in [-0.25, -0.2) is 0 Å². The molecule has 0 radical (unpaired) electrons. The monoisotopic (exact) mass is 300 g/mol. The predicted molar refractivity (Wildman–Crippen MR) is 80.7 cm³/mol. The Morgan fingerprint density at radius 2 is 1.57 bits per heavy atom. The second kappa shape index (κ2) is 10.2. The Hall–Kier alpha value is -1.59. The van der Waals surface area contributed by atoms with Crippen LogP contribution in [0.5, 0.6) is 0 Å². The third kappa shape index (κ3) is 10.8. The highest BCUT2D eigenvalue weighted by Gasteiger charge is 2.19. The Labute approximate surface area is 126 Å². The minimum absolute atomic E-state index is 0.0915. The van der Waals surface area contributed by atoms with Crippen LogP contribution in [0.15, 0.2) is 0 Å². The molecule has 1 atom stereocenters. The first-order valence-electron chi connectivity index (χ1n) is 7.48. The van der Waals surface area contributed by atoms with E-state index in [2.05, 4.69) is 10.6 Å². The Balaban J connectivity index is 3.97. The largest absolute Gasteiger partial charge is 0.481 e. The lowest BCUT2D eigenvalue weighted by Crippen LogP contribution is -2.40. The highest BCUT2D eigenvalue weighted by atomic mass is 16.4. The first-order chi connectivity index (χ1) is 9.72. The Morgan fingerprint density at radius 1 is 0.952 bits per heavy atom. The smallest absolute Gasteiger partial charge is 0.308 e. The summed E-state index contributed by atoms with van der Waals surface area (Å²) in [7, 11) is 0. The van der Waals surface area contributed by atoms with Crippen molar-refractivity contribution in [2.45, 2.75) is 47.0 Å². The van der Waals surface area contributed by atoms with Gasteiger partial charge in [0.15, 0.2) is 0 Å². The topological polar surface area (TPSA) is 95.5 Å². The number of carbonyl (C=O) groups excluding carboxylic acids is 2. The van der Waals surface area contributed by atoms with E-state index in [1.54, 1.807) is 0 Å². The van der Waals surface area contributed by atoms with Crippen molar-refractivity contribution in [2.24, 2.45) is 17.8 Å². The average Bonchev–Trinajstić information content (AvgIpc) is 2.37. The molecule has 0 saturated heterocycles. The highest BCUT2D eigenvalue weighted by molar-refractivity contribution is 5.84. The molecule has 0 aliphatic heterocycles. The minimum atomic E-state index is -0.912. The molecule has 0 heterocycles. The molecule has 0 bridgehead atoms. The molecule has 0 aromatic carbocycles. The van der Waals surface area contributed by atoms with E-state index < -0.39 is 11.9 Å². The molecule has 122 valence electrons. The molecule has 3 N–H and O–H groups in total. The maximum absolute atomic E-state index is 11.6. The zero-order chi connectivity index (χ0) is 16.4. The van der Waals surface area contributed by atoms with Crippen LogP contribution in [0.1, 0.15) is 47.0 Å². The van der Waals surface area contributed by atoms with Crippen molar-refractivity contribution < 1.29 is 19.5 Å². The van der Waals surface area contributed by atoms with Crippen LogP contribution >= 0.6 is 0 Å². The summed E-state index contributed by atoms with van der Waals surface area (Å²) in [5.41, 5.74) is 0. The number of carboxylic acids is 1. The average molecular weight is 300 g/mol. The third-order valence-electron chi connectivity index (χ3n) is 3.05. The normalized spacial score (nSPS) is 12.3. The number of aliphatic carboxylic acids is 1. The van der Waals surface area contributed by atoms with Crippen molar-refractivity contribution in [3.05, 3.63) is 0 Å². The van der Waals surface area contributed by atoms with Gasteiger partial charge in [-0.2, -0.15) is 0 Å². The quantitative estimate of drug-likeness (QED) is 0.568. The van der Waals surface area contributed by atoms with Crippen LogP contribution in [0.4, 0.5) is 0 Å². The summed E-state index contributed by atoms with van der Waals surface area (Å²) in [6, 6.07) is 0. The van der Waals surface area contributed by atoms with Crippen molar-refractivity contribution in [1.82, 2.24) is 10.6 Å². The van der Waals surface area contributed by atoms with Crippen LogP contribution in [-0.2, 0) is 14.4 Å². The molecule has 0 fully saturated rings. The Morgan fingerprint density at radius 3 is 2.05 bits per heavy atom. The van der Waals surface area contributed by atoms with Gasteiger partial charge in [0.05, 0.1) is 12.5 Å². The number of nitrogens with one attached hydrogen (secondary N) is 2. The lowest BCUT2D eigenvalue weighted by molar-refractivity contribution is -0.142. The molecule has 0 aromatic rings. The van der Waals surface area contributed by atoms with E-state index in [1.807, 2.05) is 27.7 Å².